The van der Waals surface area contributed by atoms with Crippen LogP contribution < -0.4 is 0 Å². The zero-order chi connectivity index (χ0) is 21.0. The lowest BCUT2D eigenvalue weighted by Gasteiger charge is -2.38. The second-order valence-electron chi connectivity index (χ2n) is 11.3. The van der Waals surface area contributed by atoms with Crippen LogP contribution in [-0.2, 0) is 0 Å². The maximum atomic E-state index is 14.4. The predicted octanol–water partition coefficient (Wildman–Crippen LogP) is 8.86. The molecule has 0 spiro atoms. The number of aryl methyl sites for hydroxylation is 1. The van der Waals surface area contributed by atoms with E-state index in [1.54, 1.807) is 13.0 Å². The summed E-state index contributed by atoms with van der Waals surface area (Å²) in [6.07, 6.45) is 14.4. The molecule has 0 bridgehead atoms. The van der Waals surface area contributed by atoms with Crippen molar-refractivity contribution in [3.8, 4) is 0 Å². The summed E-state index contributed by atoms with van der Waals surface area (Å²) in [5.74, 6) is 1.64. The number of benzene rings is 1. The summed E-state index contributed by atoms with van der Waals surface area (Å²) in [4.78, 5) is 0. The van der Waals surface area contributed by atoms with Gasteiger partial charge in [0.2, 0.25) is 0 Å². The van der Waals surface area contributed by atoms with Crippen LogP contribution in [0.3, 0.4) is 0 Å². The average Bonchev–Trinajstić information content (AvgIpc) is 2.70. The van der Waals surface area contributed by atoms with E-state index in [1.807, 2.05) is 6.07 Å². The summed E-state index contributed by atoms with van der Waals surface area (Å²) in [5, 5.41) is 0. The monoisotopic (exact) mass is 420 g/mol. The Morgan fingerprint density at radius 1 is 0.793 bits per heavy atom. The van der Waals surface area contributed by atoms with Crippen LogP contribution in [0.5, 0.6) is 0 Å². The number of hydrogen-bond acceptors (Lipinski definition) is 0. The topological polar surface area (TPSA) is 0 Å². The van der Waals surface area contributed by atoms with Gasteiger partial charge in [-0.15, -0.1) is 0 Å². The fourth-order valence-corrected chi connectivity index (χ4v) is 7.23. The van der Waals surface area contributed by atoms with Crippen molar-refractivity contribution in [2.24, 2.45) is 17.8 Å². The average molecular weight is 421 g/mol. The van der Waals surface area contributed by atoms with Gasteiger partial charge in [0, 0.05) is 8.07 Å². The molecule has 2 saturated carbocycles. The fourth-order valence-electron chi connectivity index (χ4n) is 5.91. The summed E-state index contributed by atoms with van der Waals surface area (Å²) in [6.45, 7) is 9.09. The first-order chi connectivity index (χ1) is 13.7. The molecule has 2 aliphatic rings. The molecule has 0 N–H and O–H groups in total. The first kappa shape index (κ1) is 23.0. The standard InChI is InChI=1S/C26H42F2Si/c1-19-8-17-24(26(28)25(19)27)23-15-13-22(14-16-23)21-11-9-20(10-12-21)7-5-6-18-29(2,3)4/h8,17,20-23H,5-7,9-16,18H2,1-4H3. The van der Waals surface area contributed by atoms with Crippen molar-refractivity contribution in [3.63, 3.8) is 0 Å². The van der Waals surface area contributed by atoms with E-state index in [0.29, 0.717) is 11.1 Å². The summed E-state index contributed by atoms with van der Waals surface area (Å²) in [7, 11) is -0.862. The van der Waals surface area contributed by atoms with Crippen LogP contribution in [0.2, 0.25) is 25.7 Å². The van der Waals surface area contributed by atoms with E-state index < -0.39 is 19.7 Å². The molecule has 0 radical (unpaired) electrons. The van der Waals surface area contributed by atoms with E-state index in [4.69, 9.17) is 0 Å². The van der Waals surface area contributed by atoms with Gasteiger partial charge < -0.3 is 0 Å². The molecule has 0 unspecified atom stereocenters. The first-order valence-corrected chi connectivity index (χ1v) is 15.9. The number of hydrogen-bond donors (Lipinski definition) is 0. The zero-order valence-electron chi connectivity index (χ0n) is 19.2. The van der Waals surface area contributed by atoms with Gasteiger partial charge in [-0.25, -0.2) is 8.78 Å². The van der Waals surface area contributed by atoms with Crippen LogP contribution in [0.4, 0.5) is 8.78 Å². The molecule has 0 aliphatic heterocycles. The highest BCUT2D eigenvalue weighted by Gasteiger charge is 2.32. The maximum absolute atomic E-state index is 14.4. The Labute approximate surface area is 178 Å². The number of halogens is 2. The molecule has 2 aliphatic carbocycles. The molecule has 1 aromatic rings. The Bertz CT molecular complexity index is 647. The molecule has 0 heterocycles. The van der Waals surface area contributed by atoms with Gasteiger partial charge in [-0.05, 0) is 80.2 Å². The minimum Gasteiger partial charge on any atom is -0.203 e. The van der Waals surface area contributed by atoms with E-state index in [9.17, 15) is 8.78 Å². The van der Waals surface area contributed by atoms with Gasteiger partial charge in [-0.1, -0.05) is 69.9 Å². The third-order valence-corrected chi connectivity index (χ3v) is 9.72. The molecule has 0 atom stereocenters. The Kier molecular flexibility index (Phi) is 7.98. The van der Waals surface area contributed by atoms with Gasteiger partial charge in [-0.3, -0.25) is 0 Å². The molecule has 0 amide bonds. The van der Waals surface area contributed by atoms with Crippen LogP contribution in [0.1, 0.15) is 87.7 Å². The lowest BCUT2D eigenvalue weighted by molar-refractivity contribution is 0.155. The van der Waals surface area contributed by atoms with Gasteiger partial charge in [0.15, 0.2) is 11.6 Å². The Morgan fingerprint density at radius 3 is 1.97 bits per heavy atom. The van der Waals surface area contributed by atoms with Crippen LogP contribution in [0, 0.1) is 36.3 Å². The van der Waals surface area contributed by atoms with Crippen LogP contribution >= 0.6 is 0 Å². The quantitative estimate of drug-likeness (QED) is 0.305. The van der Waals surface area contributed by atoms with Crippen molar-refractivity contribution in [1.82, 2.24) is 0 Å². The lowest BCUT2D eigenvalue weighted by atomic mass is 9.68. The molecule has 3 heteroatoms. The Morgan fingerprint density at radius 2 is 1.38 bits per heavy atom. The summed E-state index contributed by atoms with van der Waals surface area (Å²) in [5.41, 5.74) is 1.03. The molecular formula is C26H42F2Si. The Hall–Kier alpha value is -0.703. The summed E-state index contributed by atoms with van der Waals surface area (Å²) in [6, 6.07) is 5.05. The van der Waals surface area contributed by atoms with Gasteiger partial charge >= 0.3 is 0 Å². The molecule has 1 aromatic carbocycles. The molecule has 29 heavy (non-hydrogen) atoms. The van der Waals surface area contributed by atoms with Crippen LogP contribution in [0.15, 0.2) is 12.1 Å². The van der Waals surface area contributed by atoms with E-state index in [0.717, 1.165) is 30.6 Å². The van der Waals surface area contributed by atoms with Crippen LogP contribution in [0.25, 0.3) is 0 Å². The first-order valence-electron chi connectivity index (χ1n) is 12.2. The maximum Gasteiger partial charge on any atom is 0.162 e. The van der Waals surface area contributed by atoms with E-state index in [2.05, 4.69) is 19.6 Å². The smallest absolute Gasteiger partial charge is 0.162 e. The second-order valence-corrected chi connectivity index (χ2v) is 16.9. The van der Waals surface area contributed by atoms with Crippen LogP contribution in [-0.4, -0.2) is 8.07 Å². The van der Waals surface area contributed by atoms with Crippen molar-refractivity contribution in [2.45, 2.75) is 109 Å². The highest BCUT2D eigenvalue weighted by Crippen LogP contribution is 2.45. The highest BCUT2D eigenvalue weighted by atomic mass is 28.3. The molecular weight excluding hydrogens is 378 g/mol. The SMILES string of the molecule is Cc1ccc(C2CCC(C3CCC(CCCC[Si](C)(C)C)CC3)CC2)c(F)c1F. The second kappa shape index (κ2) is 10.1. The predicted molar refractivity (Wildman–Crippen MR) is 123 cm³/mol. The third-order valence-electron chi connectivity index (χ3n) is 7.86. The molecule has 164 valence electrons. The third kappa shape index (κ3) is 6.39. The van der Waals surface area contributed by atoms with Crippen molar-refractivity contribution in [1.29, 1.82) is 0 Å². The van der Waals surface area contributed by atoms with Gasteiger partial charge in [0.25, 0.3) is 0 Å². The molecule has 2 fully saturated rings. The van der Waals surface area contributed by atoms with Gasteiger partial charge in [0.1, 0.15) is 0 Å². The summed E-state index contributed by atoms with van der Waals surface area (Å²) < 4.78 is 28.3. The van der Waals surface area contributed by atoms with Crippen molar-refractivity contribution >= 4 is 8.07 Å². The minimum absolute atomic E-state index is 0.212. The number of rotatable bonds is 7. The minimum atomic E-state index is -0.862. The fraction of sp³-hybridized carbons (Fsp3) is 0.769. The number of unbranched alkanes of at least 4 members (excludes halogenated alkanes) is 1. The summed E-state index contributed by atoms with van der Waals surface area (Å²) >= 11 is 0. The van der Waals surface area contributed by atoms with Crippen molar-refractivity contribution in [2.75, 3.05) is 0 Å². The molecule has 0 nitrogen and oxygen atoms in total. The molecule has 3 rings (SSSR count). The van der Waals surface area contributed by atoms with E-state index >= 15 is 0 Å². The van der Waals surface area contributed by atoms with E-state index in [-0.39, 0.29) is 5.92 Å². The van der Waals surface area contributed by atoms with Gasteiger partial charge in [0.05, 0.1) is 0 Å². The lowest BCUT2D eigenvalue weighted by Crippen LogP contribution is -2.25. The van der Waals surface area contributed by atoms with Gasteiger partial charge in [-0.2, -0.15) is 0 Å². The molecule has 0 aromatic heterocycles. The highest BCUT2D eigenvalue weighted by molar-refractivity contribution is 6.76. The zero-order valence-corrected chi connectivity index (χ0v) is 20.2. The van der Waals surface area contributed by atoms with E-state index in [1.165, 1.54) is 63.8 Å². The van der Waals surface area contributed by atoms with Crippen molar-refractivity contribution < 1.29 is 8.78 Å². The Balaban J connectivity index is 1.40. The largest absolute Gasteiger partial charge is 0.203 e. The van der Waals surface area contributed by atoms with Crippen molar-refractivity contribution in [3.05, 3.63) is 34.9 Å². The molecule has 0 saturated heterocycles. The normalized spacial score (nSPS) is 28.5.